The third-order valence-electron chi connectivity index (χ3n) is 4.20. The summed E-state index contributed by atoms with van der Waals surface area (Å²) in [6.07, 6.45) is 6.42. The van der Waals surface area contributed by atoms with Crippen LogP contribution in [0.2, 0.25) is 0 Å². The van der Waals surface area contributed by atoms with Crippen molar-refractivity contribution in [3.8, 4) is 0 Å². The largest absolute Gasteiger partial charge is 0.294 e. The van der Waals surface area contributed by atoms with E-state index in [-0.39, 0.29) is 0 Å². The fourth-order valence-corrected chi connectivity index (χ4v) is 3.09. The second-order valence-electron chi connectivity index (χ2n) is 5.19. The summed E-state index contributed by atoms with van der Waals surface area (Å²) in [5, 5.41) is 0. The van der Waals surface area contributed by atoms with Crippen LogP contribution in [-0.2, 0) is 0 Å². The molecule has 1 spiro atoms. The molecule has 2 fully saturated rings. The van der Waals surface area contributed by atoms with Crippen LogP contribution in [0.25, 0.3) is 0 Å². The SMILES string of the molecule is O=C(c1ccccc1)C1CC2(CCC2)C1. The van der Waals surface area contributed by atoms with E-state index in [0.717, 1.165) is 18.4 Å². The highest BCUT2D eigenvalue weighted by atomic mass is 16.1. The minimum absolute atomic E-state index is 0.327. The molecule has 0 unspecified atom stereocenters. The third-order valence-corrected chi connectivity index (χ3v) is 4.20. The highest BCUT2D eigenvalue weighted by Gasteiger charge is 2.50. The molecule has 1 aromatic carbocycles. The van der Waals surface area contributed by atoms with E-state index >= 15 is 0 Å². The van der Waals surface area contributed by atoms with Crippen LogP contribution in [0.15, 0.2) is 30.3 Å². The summed E-state index contributed by atoms with van der Waals surface area (Å²) in [5.41, 5.74) is 1.51. The van der Waals surface area contributed by atoms with E-state index in [1.807, 2.05) is 30.3 Å². The molecule has 0 aliphatic heterocycles. The van der Waals surface area contributed by atoms with E-state index < -0.39 is 0 Å². The van der Waals surface area contributed by atoms with Crippen LogP contribution in [0, 0.1) is 11.3 Å². The molecule has 0 bridgehead atoms. The molecule has 0 N–H and O–H groups in total. The molecule has 1 aromatic rings. The number of carbonyl (C=O) groups excluding carboxylic acids is 1. The summed E-state index contributed by atoms with van der Waals surface area (Å²) in [6.45, 7) is 0. The highest BCUT2D eigenvalue weighted by molar-refractivity contribution is 5.98. The van der Waals surface area contributed by atoms with Crippen molar-refractivity contribution < 1.29 is 4.79 Å². The van der Waals surface area contributed by atoms with Crippen molar-refractivity contribution in [1.82, 2.24) is 0 Å². The van der Waals surface area contributed by atoms with Crippen LogP contribution < -0.4 is 0 Å². The fraction of sp³-hybridized carbons (Fsp3) is 0.500. The molecule has 0 amide bonds. The summed E-state index contributed by atoms with van der Waals surface area (Å²) in [5.74, 6) is 0.695. The van der Waals surface area contributed by atoms with Gasteiger partial charge in [0.05, 0.1) is 0 Å². The summed E-state index contributed by atoms with van der Waals surface area (Å²) < 4.78 is 0. The number of Topliss-reactive ketones (excluding diaryl/α,β-unsaturated/α-hetero) is 1. The van der Waals surface area contributed by atoms with Gasteiger partial charge in [0, 0.05) is 11.5 Å². The fourth-order valence-electron chi connectivity index (χ4n) is 3.09. The predicted molar refractivity (Wildman–Crippen MR) is 59.8 cm³/mol. The zero-order valence-electron chi connectivity index (χ0n) is 8.91. The van der Waals surface area contributed by atoms with Gasteiger partial charge in [0.1, 0.15) is 0 Å². The molecular weight excluding hydrogens is 184 g/mol. The lowest BCUT2D eigenvalue weighted by molar-refractivity contribution is -0.0150. The number of rotatable bonds is 2. The molecule has 3 rings (SSSR count). The first-order valence-electron chi connectivity index (χ1n) is 5.88. The zero-order valence-corrected chi connectivity index (χ0v) is 8.91. The summed E-state index contributed by atoms with van der Waals surface area (Å²) in [6, 6.07) is 9.74. The van der Waals surface area contributed by atoms with Crippen LogP contribution in [0.5, 0.6) is 0 Å². The van der Waals surface area contributed by atoms with Gasteiger partial charge in [0.2, 0.25) is 0 Å². The molecule has 2 saturated carbocycles. The van der Waals surface area contributed by atoms with Gasteiger partial charge in [-0.3, -0.25) is 4.79 Å². The maximum absolute atomic E-state index is 12.1. The van der Waals surface area contributed by atoms with Crippen molar-refractivity contribution in [2.75, 3.05) is 0 Å². The Labute approximate surface area is 90.5 Å². The van der Waals surface area contributed by atoms with Crippen LogP contribution in [0.1, 0.15) is 42.5 Å². The Bertz CT molecular complexity index is 368. The zero-order chi connectivity index (χ0) is 10.3. The van der Waals surface area contributed by atoms with Gasteiger partial charge < -0.3 is 0 Å². The second kappa shape index (κ2) is 3.19. The number of hydrogen-bond acceptors (Lipinski definition) is 1. The van der Waals surface area contributed by atoms with Gasteiger partial charge in [-0.15, -0.1) is 0 Å². The summed E-state index contributed by atoms with van der Waals surface area (Å²) in [7, 11) is 0. The van der Waals surface area contributed by atoms with Gasteiger partial charge in [0.15, 0.2) is 5.78 Å². The maximum Gasteiger partial charge on any atom is 0.165 e. The normalized spacial score (nSPS) is 23.2. The Kier molecular flexibility index (Phi) is 1.95. The molecule has 0 heterocycles. The Hall–Kier alpha value is -1.11. The molecule has 1 heteroatoms. The number of ketones is 1. The van der Waals surface area contributed by atoms with Crippen molar-refractivity contribution in [2.45, 2.75) is 32.1 Å². The third kappa shape index (κ3) is 1.41. The van der Waals surface area contributed by atoms with Gasteiger partial charge in [-0.25, -0.2) is 0 Å². The number of carbonyl (C=O) groups is 1. The van der Waals surface area contributed by atoms with Crippen LogP contribution in [0.4, 0.5) is 0 Å². The van der Waals surface area contributed by atoms with Gasteiger partial charge >= 0.3 is 0 Å². The molecular formula is C14H16O. The standard InChI is InChI=1S/C14H16O/c15-13(11-5-2-1-3-6-11)12-9-14(10-12)7-4-8-14/h1-3,5-6,12H,4,7-10H2. The molecule has 0 saturated heterocycles. The molecule has 1 nitrogen and oxygen atoms in total. The van der Waals surface area contributed by atoms with Crippen LogP contribution in [0.3, 0.4) is 0 Å². The molecule has 2 aliphatic carbocycles. The van der Waals surface area contributed by atoms with Crippen LogP contribution >= 0.6 is 0 Å². The summed E-state index contributed by atoms with van der Waals surface area (Å²) in [4.78, 5) is 12.1. The molecule has 78 valence electrons. The monoisotopic (exact) mass is 200 g/mol. The average Bonchev–Trinajstić information content (AvgIpc) is 2.14. The highest BCUT2D eigenvalue weighted by Crippen LogP contribution is 2.59. The van der Waals surface area contributed by atoms with E-state index in [2.05, 4.69) is 0 Å². The van der Waals surface area contributed by atoms with E-state index in [1.54, 1.807) is 0 Å². The first-order valence-corrected chi connectivity index (χ1v) is 5.88. The van der Waals surface area contributed by atoms with Crippen molar-refractivity contribution in [3.05, 3.63) is 35.9 Å². The minimum Gasteiger partial charge on any atom is -0.294 e. The first-order chi connectivity index (χ1) is 7.29. The van der Waals surface area contributed by atoms with Gasteiger partial charge in [-0.1, -0.05) is 36.8 Å². The average molecular weight is 200 g/mol. The Balaban J connectivity index is 1.67. The number of benzene rings is 1. The Morgan fingerprint density at radius 2 is 1.80 bits per heavy atom. The van der Waals surface area contributed by atoms with Gasteiger partial charge in [-0.2, -0.15) is 0 Å². The first kappa shape index (κ1) is 9.14. The number of hydrogen-bond donors (Lipinski definition) is 0. The van der Waals surface area contributed by atoms with Crippen molar-refractivity contribution in [2.24, 2.45) is 11.3 Å². The lowest BCUT2D eigenvalue weighted by Gasteiger charge is -2.53. The molecule has 0 aromatic heterocycles. The maximum atomic E-state index is 12.1. The Morgan fingerprint density at radius 1 is 1.13 bits per heavy atom. The van der Waals surface area contributed by atoms with E-state index in [9.17, 15) is 4.79 Å². The minimum atomic E-state index is 0.327. The van der Waals surface area contributed by atoms with Crippen LogP contribution in [-0.4, -0.2) is 5.78 Å². The molecule has 0 radical (unpaired) electrons. The smallest absolute Gasteiger partial charge is 0.165 e. The topological polar surface area (TPSA) is 17.1 Å². The lowest BCUT2D eigenvalue weighted by Crippen LogP contribution is -2.45. The quantitative estimate of drug-likeness (QED) is 0.668. The van der Waals surface area contributed by atoms with Crippen molar-refractivity contribution >= 4 is 5.78 Å². The van der Waals surface area contributed by atoms with E-state index in [4.69, 9.17) is 0 Å². The molecule has 15 heavy (non-hydrogen) atoms. The summed E-state index contributed by atoms with van der Waals surface area (Å²) >= 11 is 0. The molecule has 0 atom stereocenters. The van der Waals surface area contributed by atoms with E-state index in [1.165, 1.54) is 19.3 Å². The van der Waals surface area contributed by atoms with Gasteiger partial charge in [0.25, 0.3) is 0 Å². The second-order valence-corrected chi connectivity index (χ2v) is 5.19. The lowest BCUT2D eigenvalue weighted by atomic mass is 9.51. The predicted octanol–water partition coefficient (Wildman–Crippen LogP) is 3.45. The Morgan fingerprint density at radius 3 is 2.33 bits per heavy atom. The van der Waals surface area contributed by atoms with Crippen molar-refractivity contribution in [3.63, 3.8) is 0 Å². The van der Waals surface area contributed by atoms with Gasteiger partial charge in [-0.05, 0) is 31.1 Å². The van der Waals surface area contributed by atoms with Crippen molar-refractivity contribution in [1.29, 1.82) is 0 Å². The van der Waals surface area contributed by atoms with E-state index in [0.29, 0.717) is 17.1 Å². The molecule has 2 aliphatic rings.